The Morgan fingerprint density at radius 2 is 2.05 bits per heavy atom. The Morgan fingerprint density at radius 1 is 1.18 bits per heavy atom. The van der Waals surface area contributed by atoms with Crippen LogP contribution >= 0.6 is 0 Å². The highest BCUT2D eigenvalue weighted by atomic mass is 16.1. The van der Waals surface area contributed by atoms with E-state index < -0.39 is 0 Å². The number of carbonyl (C=O) groups excluding carboxylic acids is 1. The van der Waals surface area contributed by atoms with Crippen LogP contribution in [0.25, 0.3) is 11.0 Å². The largest absolute Gasteiger partial charge is 0.342 e. The normalized spacial score (nSPS) is 10.8. The third-order valence-corrected chi connectivity index (χ3v) is 3.56. The summed E-state index contributed by atoms with van der Waals surface area (Å²) >= 11 is 0. The van der Waals surface area contributed by atoms with Gasteiger partial charge in [0.05, 0.1) is 11.0 Å². The summed E-state index contributed by atoms with van der Waals surface area (Å²) in [6, 6.07) is 15.8. The maximum atomic E-state index is 11.9. The number of hydrogen-bond donors (Lipinski definition) is 2. The monoisotopic (exact) mass is 293 g/mol. The number of aromatic amines is 1. The van der Waals surface area contributed by atoms with Gasteiger partial charge in [-0.1, -0.05) is 24.3 Å². The Labute approximate surface area is 129 Å². The molecule has 1 heterocycles. The van der Waals surface area contributed by atoms with Crippen LogP contribution in [-0.2, 0) is 11.2 Å². The summed E-state index contributed by atoms with van der Waals surface area (Å²) in [7, 11) is 0. The SMILES string of the molecule is Cc1cccc(NC(=O)CCCc2nc3ccccc3[nH]2)c1. The third kappa shape index (κ3) is 3.52. The number of para-hydroxylation sites is 2. The summed E-state index contributed by atoms with van der Waals surface area (Å²) in [5, 5.41) is 2.93. The molecule has 112 valence electrons. The molecule has 0 unspecified atom stereocenters. The Balaban J connectivity index is 1.51. The van der Waals surface area contributed by atoms with Gasteiger partial charge in [-0.15, -0.1) is 0 Å². The van der Waals surface area contributed by atoms with Gasteiger partial charge in [-0.3, -0.25) is 4.79 Å². The molecule has 22 heavy (non-hydrogen) atoms. The van der Waals surface area contributed by atoms with Gasteiger partial charge in [-0.2, -0.15) is 0 Å². The number of aromatic nitrogens is 2. The van der Waals surface area contributed by atoms with Crippen molar-refractivity contribution < 1.29 is 4.79 Å². The second kappa shape index (κ2) is 6.43. The summed E-state index contributed by atoms with van der Waals surface area (Å²) in [6.07, 6.45) is 2.04. The highest BCUT2D eigenvalue weighted by molar-refractivity contribution is 5.90. The number of nitrogens with one attached hydrogen (secondary N) is 2. The quantitative estimate of drug-likeness (QED) is 0.751. The van der Waals surface area contributed by atoms with Gasteiger partial charge >= 0.3 is 0 Å². The Kier molecular flexibility index (Phi) is 4.19. The minimum absolute atomic E-state index is 0.0433. The maximum absolute atomic E-state index is 11.9. The molecule has 3 aromatic rings. The standard InChI is InChI=1S/C18H19N3O/c1-13-6-4-7-14(12-13)19-18(22)11-5-10-17-20-15-8-2-3-9-16(15)21-17/h2-4,6-9,12H,5,10-11H2,1H3,(H,19,22)(H,20,21). The van der Waals surface area contributed by atoms with Crippen LogP contribution in [0.3, 0.4) is 0 Å². The van der Waals surface area contributed by atoms with E-state index in [1.54, 1.807) is 0 Å². The first kappa shape index (κ1) is 14.3. The number of benzene rings is 2. The molecule has 0 fully saturated rings. The van der Waals surface area contributed by atoms with E-state index in [-0.39, 0.29) is 5.91 Å². The molecular weight excluding hydrogens is 274 g/mol. The molecule has 4 nitrogen and oxygen atoms in total. The van der Waals surface area contributed by atoms with Crippen molar-refractivity contribution in [1.29, 1.82) is 0 Å². The van der Waals surface area contributed by atoms with Crippen molar-refractivity contribution in [1.82, 2.24) is 9.97 Å². The predicted octanol–water partition coefficient (Wildman–Crippen LogP) is 3.83. The fraction of sp³-hybridized carbons (Fsp3) is 0.222. The molecule has 0 radical (unpaired) electrons. The van der Waals surface area contributed by atoms with Gasteiger partial charge in [0.1, 0.15) is 5.82 Å². The Bertz CT molecular complexity index is 759. The number of anilines is 1. The van der Waals surface area contributed by atoms with Gasteiger partial charge in [-0.05, 0) is 43.2 Å². The zero-order chi connectivity index (χ0) is 15.4. The van der Waals surface area contributed by atoms with Crippen LogP contribution < -0.4 is 5.32 Å². The molecule has 3 rings (SSSR count). The fourth-order valence-corrected chi connectivity index (χ4v) is 2.49. The molecule has 0 bridgehead atoms. The van der Waals surface area contributed by atoms with E-state index in [0.29, 0.717) is 6.42 Å². The van der Waals surface area contributed by atoms with Crippen molar-refractivity contribution >= 4 is 22.6 Å². The minimum atomic E-state index is 0.0433. The lowest BCUT2D eigenvalue weighted by Gasteiger charge is -2.05. The first-order valence-corrected chi connectivity index (χ1v) is 7.51. The number of fused-ring (bicyclic) bond motifs is 1. The molecule has 4 heteroatoms. The van der Waals surface area contributed by atoms with E-state index in [9.17, 15) is 4.79 Å². The van der Waals surface area contributed by atoms with E-state index >= 15 is 0 Å². The molecule has 0 aliphatic heterocycles. The highest BCUT2D eigenvalue weighted by Gasteiger charge is 2.05. The Hall–Kier alpha value is -2.62. The maximum Gasteiger partial charge on any atom is 0.224 e. The van der Waals surface area contributed by atoms with E-state index in [1.807, 2.05) is 55.5 Å². The summed E-state index contributed by atoms with van der Waals surface area (Å²) in [5.41, 5.74) is 4.01. The second-order valence-corrected chi connectivity index (χ2v) is 5.47. The minimum Gasteiger partial charge on any atom is -0.342 e. The average Bonchev–Trinajstić information content (AvgIpc) is 2.90. The van der Waals surface area contributed by atoms with Crippen LogP contribution in [0, 0.1) is 6.92 Å². The molecule has 0 atom stereocenters. The van der Waals surface area contributed by atoms with E-state index in [2.05, 4.69) is 15.3 Å². The van der Waals surface area contributed by atoms with Crippen molar-refractivity contribution in [3.8, 4) is 0 Å². The van der Waals surface area contributed by atoms with Crippen molar-refractivity contribution in [2.24, 2.45) is 0 Å². The summed E-state index contributed by atoms with van der Waals surface area (Å²) in [6.45, 7) is 2.01. The van der Waals surface area contributed by atoms with Gasteiger partial charge in [0.25, 0.3) is 0 Å². The summed E-state index contributed by atoms with van der Waals surface area (Å²) in [5.74, 6) is 0.978. The van der Waals surface area contributed by atoms with Crippen LogP contribution in [0.1, 0.15) is 24.2 Å². The van der Waals surface area contributed by atoms with E-state index in [1.165, 1.54) is 0 Å². The highest BCUT2D eigenvalue weighted by Crippen LogP contribution is 2.13. The van der Waals surface area contributed by atoms with Gasteiger partial charge in [-0.25, -0.2) is 4.98 Å². The molecule has 1 amide bonds. The number of H-pyrrole nitrogens is 1. The number of rotatable bonds is 5. The molecule has 0 saturated carbocycles. The van der Waals surface area contributed by atoms with Crippen LogP contribution in [0.2, 0.25) is 0 Å². The van der Waals surface area contributed by atoms with E-state index in [4.69, 9.17) is 0 Å². The molecule has 2 aromatic carbocycles. The lowest BCUT2D eigenvalue weighted by Crippen LogP contribution is -2.11. The number of hydrogen-bond acceptors (Lipinski definition) is 2. The van der Waals surface area contributed by atoms with Crippen LogP contribution in [-0.4, -0.2) is 15.9 Å². The molecule has 0 aliphatic carbocycles. The van der Waals surface area contributed by atoms with Gasteiger partial charge in [0.15, 0.2) is 0 Å². The lowest BCUT2D eigenvalue weighted by molar-refractivity contribution is -0.116. The third-order valence-electron chi connectivity index (χ3n) is 3.56. The molecule has 1 aromatic heterocycles. The van der Waals surface area contributed by atoms with Gasteiger partial charge in [0, 0.05) is 18.5 Å². The molecule has 0 saturated heterocycles. The molecule has 2 N–H and O–H groups in total. The van der Waals surface area contributed by atoms with Crippen molar-refractivity contribution in [3.05, 3.63) is 59.9 Å². The van der Waals surface area contributed by atoms with Crippen molar-refractivity contribution in [2.75, 3.05) is 5.32 Å². The van der Waals surface area contributed by atoms with Crippen LogP contribution in [0.4, 0.5) is 5.69 Å². The van der Waals surface area contributed by atoms with E-state index in [0.717, 1.165) is 41.0 Å². The smallest absolute Gasteiger partial charge is 0.224 e. The first-order valence-electron chi connectivity index (χ1n) is 7.51. The zero-order valence-electron chi connectivity index (χ0n) is 12.6. The zero-order valence-corrected chi connectivity index (χ0v) is 12.6. The van der Waals surface area contributed by atoms with Gasteiger partial charge in [0.2, 0.25) is 5.91 Å². The van der Waals surface area contributed by atoms with Crippen molar-refractivity contribution in [2.45, 2.75) is 26.2 Å². The van der Waals surface area contributed by atoms with Crippen LogP contribution in [0.5, 0.6) is 0 Å². The van der Waals surface area contributed by atoms with Crippen LogP contribution in [0.15, 0.2) is 48.5 Å². The lowest BCUT2D eigenvalue weighted by atomic mass is 10.2. The molecule has 0 aliphatic rings. The number of amides is 1. The first-order chi connectivity index (χ1) is 10.7. The number of nitrogens with zero attached hydrogens (tertiary/aromatic N) is 1. The summed E-state index contributed by atoms with van der Waals surface area (Å²) < 4.78 is 0. The Morgan fingerprint density at radius 3 is 2.86 bits per heavy atom. The average molecular weight is 293 g/mol. The molecule has 0 spiro atoms. The number of imidazole rings is 1. The topological polar surface area (TPSA) is 57.8 Å². The number of aryl methyl sites for hydroxylation is 2. The number of carbonyl (C=O) groups is 1. The van der Waals surface area contributed by atoms with Crippen molar-refractivity contribution in [3.63, 3.8) is 0 Å². The van der Waals surface area contributed by atoms with Gasteiger partial charge < -0.3 is 10.3 Å². The second-order valence-electron chi connectivity index (χ2n) is 5.47. The summed E-state index contributed by atoms with van der Waals surface area (Å²) in [4.78, 5) is 19.7. The molecular formula is C18H19N3O. The predicted molar refractivity (Wildman–Crippen MR) is 88.8 cm³/mol. The fourth-order valence-electron chi connectivity index (χ4n) is 2.49.